The lowest BCUT2D eigenvalue weighted by Gasteiger charge is -2.32. The summed E-state index contributed by atoms with van der Waals surface area (Å²) in [5.41, 5.74) is 2.12. The summed E-state index contributed by atoms with van der Waals surface area (Å²) in [5.74, 6) is 0.219. The normalized spacial score (nSPS) is 19.2. The molecule has 0 spiro atoms. The quantitative estimate of drug-likeness (QED) is 0.936. The molecule has 0 aliphatic carbocycles. The summed E-state index contributed by atoms with van der Waals surface area (Å²) in [6.07, 6.45) is 3.81. The Bertz CT molecular complexity index is 633. The van der Waals surface area contributed by atoms with Crippen molar-refractivity contribution in [1.82, 2.24) is 15.2 Å². The molecule has 1 unspecified atom stereocenters. The van der Waals surface area contributed by atoms with Gasteiger partial charge in [0.25, 0.3) is 0 Å². The van der Waals surface area contributed by atoms with Crippen molar-refractivity contribution in [3.8, 4) is 0 Å². The maximum absolute atomic E-state index is 12.5. The fraction of sp³-hybridized carbons (Fsp3) is 0.412. The lowest BCUT2D eigenvalue weighted by atomic mass is 10.0. The molecule has 0 saturated carbocycles. The van der Waals surface area contributed by atoms with Gasteiger partial charge in [0.05, 0.1) is 11.6 Å². The van der Waals surface area contributed by atoms with Gasteiger partial charge in [-0.2, -0.15) is 0 Å². The van der Waals surface area contributed by atoms with Crippen molar-refractivity contribution < 1.29 is 4.79 Å². The summed E-state index contributed by atoms with van der Waals surface area (Å²) in [5, 5.41) is 4.41. The molecule has 1 saturated heterocycles. The van der Waals surface area contributed by atoms with Crippen LogP contribution in [0.25, 0.3) is 10.9 Å². The minimum Gasteiger partial charge on any atom is -0.337 e. The largest absolute Gasteiger partial charge is 0.337 e. The van der Waals surface area contributed by atoms with Gasteiger partial charge in [0.15, 0.2) is 0 Å². The molecule has 110 valence electrons. The summed E-state index contributed by atoms with van der Waals surface area (Å²) in [7, 11) is 0. The van der Waals surface area contributed by atoms with Gasteiger partial charge in [-0.25, -0.2) is 0 Å². The topological polar surface area (TPSA) is 45.2 Å². The Morgan fingerprint density at radius 1 is 1.33 bits per heavy atom. The first-order chi connectivity index (χ1) is 10.3. The highest BCUT2D eigenvalue weighted by atomic mass is 16.2. The zero-order valence-corrected chi connectivity index (χ0v) is 12.4. The Kier molecular flexibility index (Phi) is 4.15. The predicted molar refractivity (Wildman–Crippen MR) is 83.9 cm³/mol. The van der Waals surface area contributed by atoms with Crippen LogP contribution < -0.4 is 5.32 Å². The van der Waals surface area contributed by atoms with Crippen LogP contribution in [0.15, 0.2) is 36.5 Å². The van der Waals surface area contributed by atoms with Gasteiger partial charge in [0, 0.05) is 24.7 Å². The smallest absolute Gasteiger partial charge is 0.240 e. The van der Waals surface area contributed by atoms with E-state index in [1.165, 1.54) is 0 Å². The van der Waals surface area contributed by atoms with Crippen molar-refractivity contribution in [2.45, 2.75) is 32.4 Å². The molecule has 1 N–H and O–H groups in total. The molecule has 21 heavy (non-hydrogen) atoms. The molecule has 2 heterocycles. The zero-order chi connectivity index (χ0) is 14.7. The molecule has 0 radical (unpaired) electrons. The molecule has 1 amide bonds. The van der Waals surface area contributed by atoms with Gasteiger partial charge in [-0.3, -0.25) is 9.78 Å². The van der Waals surface area contributed by atoms with Gasteiger partial charge < -0.3 is 10.2 Å². The van der Waals surface area contributed by atoms with E-state index in [0.717, 1.165) is 42.4 Å². The molecule has 1 aliphatic heterocycles. The number of para-hydroxylation sites is 1. The van der Waals surface area contributed by atoms with E-state index in [1.54, 1.807) is 0 Å². The molecule has 3 rings (SSSR count). The van der Waals surface area contributed by atoms with Gasteiger partial charge >= 0.3 is 0 Å². The highest BCUT2D eigenvalue weighted by molar-refractivity contribution is 5.84. The van der Waals surface area contributed by atoms with E-state index in [0.29, 0.717) is 6.54 Å². The molecule has 1 atom stereocenters. The minimum atomic E-state index is -0.0216. The van der Waals surface area contributed by atoms with Crippen molar-refractivity contribution in [2.24, 2.45) is 0 Å². The number of likely N-dealkylation sites (N-methyl/N-ethyl adjacent to an activating group) is 1. The number of carbonyl (C=O) groups excluding carboxylic acids is 1. The number of piperidine rings is 1. The number of likely N-dealkylation sites (tertiary alicyclic amines) is 1. The zero-order valence-electron chi connectivity index (χ0n) is 12.4. The van der Waals surface area contributed by atoms with Crippen LogP contribution in [0, 0.1) is 0 Å². The molecule has 1 fully saturated rings. The van der Waals surface area contributed by atoms with Crippen LogP contribution in [-0.2, 0) is 11.3 Å². The summed E-state index contributed by atoms with van der Waals surface area (Å²) in [4.78, 5) is 18.9. The fourth-order valence-electron chi connectivity index (χ4n) is 3.03. The highest BCUT2D eigenvalue weighted by Crippen LogP contribution is 2.20. The van der Waals surface area contributed by atoms with Crippen molar-refractivity contribution in [1.29, 1.82) is 0 Å². The van der Waals surface area contributed by atoms with Crippen LogP contribution in [0.2, 0.25) is 0 Å². The second-order valence-electron chi connectivity index (χ2n) is 5.50. The first-order valence-electron chi connectivity index (χ1n) is 7.64. The second-order valence-corrected chi connectivity index (χ2v) is 5.50. The van der Waals surface area contributed by atoms with E-state index in [4.69, 9.17) is 0 Å². The van der Waals surface area contributed by atoms with Gasteiger partial charge in [-0.15, -0.1) is 0 Å². The molecule has 2 aromatic rings. The number of carbonyl (C=O) groups is 1. The first kappa shape index (κ1) is 14.0. The average Bonchev–Trinajstić information content (AvgIpc) is 2.52. The number of nitrogens with zero attached hydrogens (tertiary/aromatic N) is 2. The number of amides is 1. The van der Waals surface area contributed by atoms with Crippen molar-refractivity contribution in [3.05, 3.63) is 42.1 Å². The van der Waals surface area contributed by atoms with Gasteiger partial charge in [0.2, 0.25) is 5.91 Å². The van der Waals surface area contributed by atoms with Gasteiger partial charge in [-0.1, -0.05) is 31.2 Å². The van der Waals surface area contributed by atoms with Crippen LogP contribution in [0.4, 0.5) is 0 Å². The highest BCUT2D eigenvalue weighted by Gasteiger charge is 2.28. The first-order valence-corrected chi connectivity index (χ1v) is 7.64. The number of benzene rings is 1. The van der Waals surface area contributed by atoms with E-state index in [9.17, 15) is 4.79 Å². The Morgan fingerprint density at radius 3 is 3.05 bits per heavy atom. The number of hydrogen-bond donors (Lipinski definition) is 1. The number of rotatable bonds is 4. The Labute approximate surface area is 125 Å². The van der Waals surface area contributed by atoms with Crippen LogP contribution in [0.5, 0.6) is 0 Å². The maximum atomic E-state index is 12.5. The van der Waals surface area contributed by atoms with Crippen LogP contribution >= 0.6 is 0 Å². The molecular weight excluding hydrogens is 262 g/mol. The van der Waals surface area contributed by atoms with Crippen molar-refractivity contribution >= 4 is 16.8 Å². The summed E-state index contributed by atoms with van der Waals surface area (Å²) in [6, 6.07) is 10.2. The Hall–Kier alpha value is -1.94. The lowest BCUT2D eigenvalue weighted by Crippen LogP contribution is -2.50. The third-order valence-electron chi connectivity index (χ3n) is 4.06. The molecule has 4 heteroatoms. The van der Waals surface area contributed by atoms with Crippen molar-refractivity contribution in [2.75, 3.05) is 13.1 Å². The molecule has 1 aromatic carbocycles. The molecule has 1 aliphatic rings. The number of fused-ring (bicyclic) bond motifs is 1. The molecule has 0 bridgehead atoms. The van der Waals surface area contributed by atoms with E-state index < -0.39 is 0 Å². The number of hydrogen-bond acceptors (Lipinski definition) is 3. The summed E-state index contributed by atoms with van der Waals surface area (Å²) >= 11 is 0. The van der Waals surface area contributed by atoms with E-state index in [1.807, 2.05) is 30.2 Å². The number of nitrogens with one attached hydrogen (secondary N) is 1. The SMILES string of the molecule is CCNC1CCCN(Cc2cccc3cccnc23)C1=O. The third kappa shape index (κ3) is 2.90. The van der Waals surface area contributed by atoms with Gasteiger partial charge in [-0.05, 0) is 31.0 Å². The maximum Gasteiger partial charge on any atom is 0.240 e. The van der Waals surface area contributed by atoms with E-state index in [2.05, 4.69) is 28.5 Å². The molecule has 1 aromatic heterocycles. The molecule has 4 nitrogen and oxygen atoms in total. The Morgan fingerprint density at radius 2 is 2.19 bits per heavy atom. The summed E-state index contributed by atoms with van der Waals surface area (Å²) in [6.45, 7) is 4.36. The number of pyridine rings is 1. The predicted octanol–water partition coefficient (Wildman–Crippen LogP) is 2.34. The third-order valence-corrected chi connectivity index (χ3v) is 4.06. The monoisotopic (exact) mass is 283 g/mol. The van der Waals surface area contributed by atoms with Gasteiger partial charge in [0.1, 0.15) is 0 Å². The lowest BCUT2D eigenvalue weighted by molar-refractivity contribution is -0.136. The minimum absolute atomic E-state index is 0.0216. The summed E-state index contributed by atoms with van der Waals surface area (Å²) < 4.78 is 0. The van der Waals surface area contributed by atoms with E-state index in [-0.39, 0.29) is 11.9 Å². The fourth-order valence-corrected chi connectivity index (χ4v) is 3.03. The van der Waals surface area contributed by atoms with Crippen molar-refractivity contribution in [3.63, 3.8) is 0 Å². The van der Waals surface area contributed by atoms with Crippen LogP contribution in [-0.4, -0.2) is 34.9 Å². The Balaban J connectivity index is 1.83. The average molecular weight is 283 g/mol. The van der Waals surface area contributed by atoms with Crippen LogP contribution in [0.3, 0.4) is 0 Å². The standard InChI is InChI=1S/C17H21N3O/c1-2-18-15-9-5-11-20(17(15)21)12-14-7-3-6-13-8-4-10-19-16(13)14/h3-4,6-8,10,15,18H,2,5,9,11-12H2,1H3. The number of aromatic nitrogens is 1. The van der Waals surface area contributed by atoms with Crippen LogP contribution in [0.1, 0.15) is 25.3 Å². The molecular formula is C17H21N3O. The second kappa shape index (κ2) is 6.22. The van der Waals surface area contributed by atoms with E-state index >= 15 is 0 Å².